The first-order chi connectivity index (χ1) is 10.1. The normalized spacial score (nSPS) is 10.4. The van der Waals surface area contributed by atoms with Gasteiger partial charge in [0.15, 0.2) is 0 Å². The zero-order valence-corrected chi connectivity index (χ0v) is 13.1. The molecule has 0 unspecified atom stereocenters. The number of nitro groups is 1. The van der Waals surface area contributed by atoms with Gasteiger partial charge in [-0.1, -0.05) is 40.2 Å². The number of para-hydroxylation sites is 1. The molecule has 0 atom stereocenters. The van der Waals surface area contributed by atoms with Crippen molar-refractivity contribution < 1.29 is 9.66 Å². The summed E-state index contributed by atoms with van der Waals surface area (Å²) in [6.07, 6.45) is 0. The largest absolute Gasteiger partial charge is 0.382 e. The van der Waals surface area contributed by atoms with Gasteiger partial charge in [0.2, 0.25) is 0 Å². The number of halogens is 1. The van der Waals surface area contributed by atoms with Crippen LogP contribution >= 0.6 is 15.9 Å². The molecule has 0 saturated heterocycles. The van der Waals surface area contributed by atoms with Crippen LogP contribution in [0.3, 0.4) is 0 Å². The molecule has 0 radical (unpaired) electrons. The first-order valence-corrected chi connectivity index (χ1v) is 7.17. The second kappa shape index (κ2) is 7.19. The summed E-state index contributed by atoms with van der Waals surface area (Å²) in [6, 6.07) is 12.8. The Balaban J connectivity index is 2.04. The fourth-order valence-corrected chi connectivity index (χ4v) is 2.27. The van der Waals surface area contributed by atoms with Gasteiger partial charge in [0.25, 0.3) is 5.69 Å². The summed E-state index contributed by atoms with van der Waals surface area (Å²) in [5.74, 6) is 0. The Morgan fingerprint density at radius 1 is 1.19 bits per heavy atom. The third-order valence-electron chi connectivity index (χ3n) is 3.02. The summed E-state index contributed by atoms with van der Waals surface area (Å²) in [5, 5.41) is 13.9. The van der Waals surface area contributed by atoms with Crippen LogP contribution < -0.4 is 5.32 Å². The van der Waals surface area contributed by atoms with Gasteiger partial charge in [0.05, 0.1) is 18.1 Å². The summed E-state index contributed by atoms with van der Waals surface area (Å²) in [6.45, 7) is 0.771. The summed E-state index contributed by atoms with van der Waals surface area (Å²) < 4.78 is 6.66. The van der Waals surface area contributed by atoms with Crippen LogP contribution in [0.1, 0.15) is 11.1 Å². The topological polar surface area (TPSA) is 64.4 Å². The van der Waals surface area contributed by atoms with Gasteiger partial charge in [-0.15, -0.1) is 0 Å². The summed E-state index contributed by atoms with van der Waals surface area (Å²) in [7, 11) is 1.67. The van der Waals surface area contributed by atoms with Crippen LogP contribution in [-0.2, 0) is 18.0 Å². The van der Waals surface area contributed by atoms with E-state index in [1.807, 2.05) is 30.3 Å². The van der Waals surface area contributed by atoms with E-state index in [1.54, 1.807) is 13.1 Å². The first kappa shape index (κ1) is 15.5. The van der Waals surface area contributed by atoms with Gasteiger partial charge >= 0.3 is 0 Å². The smallest absolute Gasteiger partial charge is 0.292 e. The molecule has 2 aromatic rings. The Labute approximate surface area is 131 Å². The minimum absolute atomic E-state index is 0.0576. The van der Waals surface area contributed by atoms with Gasteiger partial charge in [-0.3, -0.25) is 10.1 Å². The van der Waals surface area contributed by atoms with E-state index in [2.05, 4.69) is 21.2 Å². The van der Waals surface area contributed by atoms with Gasteiger partial charge in [-0.05, 0) is 17.7 Å². The molecule has 0 aromatic heterocycles. The first-order valence-electron chi connectivity index (χ1n) is 6.38. The number of nitro benzene ring substituents is 1. The Kier molecular flexibility index (Phi) is 5.30. The van der Waals surface area contributed by atoms with Gasteiger partial charge in [0, 0.05) is 23.2 Å². The molecule has 2 aromatic carbocycles. The van der Waals surface area contributed by atoms with Crippen molar-refractivity contribution in [1.82, 2.24) is 0 Å². The monoisotopic (exact) mass is 350 g/mol. The second-order valence-corrected chi connectivity index (χ2v) is 5.35. The van der Waals surface area contributed by atoms with Gasteiger partial charge in [-0.25, -0.2) is 0 Å². The van der Waals surface area contributed by atoms with E-state index in [9.17, 15) is 10.1 Å². The number of hydrogen-bond acceptors (Lipinski definition) is 4. The number of anilines is 1. The molecule has 5 nitrogen and oxygen atoms in total. The maximum absolute atomic E-state index is 11.0. The lowest BCUT2D eigenvalue weighted by Gasteiger charge is -2.10. The van der Waals surface area contributed by atoms with Crippen molar-refractivity contribution in [3.63, 3.8) is 0 Å². The predicted molar refractivity (Wildman–Crippen MR) is 85.3 cm³/mol. The molecule has 0 spiro atoms. The zero-order valence-electron chi connectivity index (χ0n) is 11.5. The van der Waals surface area contributed by atoms with Crippen LogP contribution in [-0.4, -0.2) is 12.0 Å². The highest BCUT2D eigenvalue weighted by Crippen LogP contribution is 2.28. The Hall–Kier alpha value is -1.92. The van der Waals surface area contributed by atoms with Crippen LogP contribution in [0.5, 0.6) is 0 Å². The van der Waals surface area contributed by atoms with E-state index in [4.69, 9.17) is 4.74 Å². The molecule has 0 heterocycles. The van der Waals surface area contributed by atoms with Gasteiger partial charge in [-0.2, -0.15) is 0 Å². The van der Waals surface area contributed by atoms with E-state index < -0.39 is 4.92 Å². The molecule has 0 saturated carbocycles. The molecule has 0 aliphatic carbocycles. The number of nitrogens with one attached hydrogen (secondary N) is 1. The van der Waals surface area contributed by atoms with Crippen molar-refractivity contribution in [3.8, 4) is 0 Å². The molecule has 21 heavy (non-hydrogen) atoms. The van der Waals surface area contributed by atoms with Crippen LogP contribution in [0.2, 0.25) is 0 Å². The minimum Gasteiger partial charge on any atom is -0.382 e. The number of ether oxygens (including phenoxy) is 1. The highest BCUT2D eigenvalue weighted by Gasteiger charge is 2.15. The molecule has 2 rings (SSSR count). The lowest BCUT2D eigenvalue weighted by Crippen LogP contribution is -2.02. The maximum atomic E-state index is 11.0. The third kappa shape index (κ3) is 4.03. The van der Waals surface area contributed by atoms with Crippen LogP contribution in [0.25, 0.3) is 0 Å². The van der Waals surface area contributed by atoms with E-state index in [0.29, 0.717) is 18.9 Å². The van der Waals surface area contributed by atoms with Crippen molar-refractivity contribution in [2.75, 3.05) is 12.4 Å². The van der Waals surface area contributed by atoms with E-state index in [0.717, 1.165) is 15.6 Å². The third-order valence-corrected chi connectivity index (χ3v) is 3.54. The Morgan fingerprint density at radius 2 is 1.90 bits per heavy atom. The van der Waals surface area contributed by atoms with E-state index in [-0.39, 0.29) is 5.69 Å². The van der Waals surface area contributed by atoms with Crippen molar-refractivity contribution in [2.45, 2.75) is 13.2 Å². The molecule has 0 bridgehead atoms. The lowest BCUT2D eigenvalue weighted by molar-refractivity contribution is -0.384. The van der Waals surface area contributed by atoms with Crippen LogP contribution in [0.15, 0.2) is 46.9 Å². The molecule has 1 N–H and O–H groups in total. The SMILES string of the molecule is CNc1c(COCc2ccc(Br)cc2)cccc1[N+](=O)[O-]. The van der Waals surface area contributed by atoms with Crippen LogP contribution in [0, 0.1) is 10.1 Å². The van der Waals surface area contributed by atoms with Gasteiger partial charge in [0.1, 0.15) is 5.69 Å². The lowest BCUT2D eigenvalue weighted by atomic mass is 10.1. The van der Waals surface area contributed by atoms with E-state index >= 15 is 0 Å². The molecular formula is C15H15BrN2O3. The fourth-order valence-electron chi connectivity index (χ4n) is 2.01. The summed E-state index contributed by atoms with van der Waals surface area (Å²) >= 11 is 3.38. The van der Waals surface area contributed by atoms with E-state index in [1.165, 1.54) is 6.07 Å². The van der Waals surface area contributed by atoms with Crippen molar-refractivity contribution in [2.24, 2.45) is 0 Å². The average Bonchev–Trinajstić information content (AvgIpc) is 2.49. The molecule has 0 aliphatic heterocycles. The Morgan fingerprint density at radius 3 is 2.52 bits per heavy atom. The number of hydrogen-bond donors (Lipinski definition) is 1. The fraction of sp³-hybridized carbons (Fsp3) is 0.200. The van der Waals surface area contributed by atoms with Crippen molar-refractivity contribution >= 4 is 27.3 Å². The predicted octanol–water partition coefficient (Wildman–Crippen LogP) is 4.12. The quantitative estimate of drug-likeness (QED) is 0.628. The zero-order chi connectivity index (χ0) is 15.2. The second-order valence-electron chi connectivity index (χ2n) is 4.44. The van der Waals surface area contributed by atoms with Crippen molar-refractivity contribution in [1.29, 1.82) is 0 Å². The van der Waals surface area contributed by atoms with Crippen molar-refractivity contribution in [3.05, 3.63) is 68.2 Å². The molecule has 6 heteroatoms. The Bertz CT molecular complexity index is 629. The molecular weight excluding hydrogens is 336 g/mol. The van der Waals surface area contributed by atoms with Gasteiger partial charge < -0.3 is 10.1 Å². The molecule has 0 amide bonds. The highest BCUT2D eigenvalue weighted by atomic mass is 79.9. The average molecular weight is 351 g/mol. The number of nitrogens with zero attached hydrogens (tertiary/aromatic N) is 1. The maximum Gasteiger partial charge on any atom is 0.292 e. The summed E-state index contributed by atoms with van der Waals surface area (Å²) in [4.78, 5) is 10.6. The summed E-state index contributed by atoms with van der Waals surface area (Å²) in [5.41, 5.74) is 2.37. The molecule has 0 aliphatic rings. The number of benzene rings is 2. The standard InChI is InChI=1S/C15H15BrN2O3/c1-17-15-12(3-2-4-14(15)18(19)20)10-21-9-11-5-7-13(16)8-6-11/h2-8,17H,9-10H2,1H3. The van der Waals surface area contributed by atoms with Crippen LogP contribution in [0.4, 0.5) is 11.4 Å². The molecule has 0 fully saturated rings. The minimum atomic E-state index is -0.399. The highest BCUT2D eigenvalue weighted by molar-refractivity contribution is 9.10. The molecule has 110 valence electrons. The number of rotatable bonds is 6.